The van der Waals surface area contributed by atoms with E-state index in [9.17, 15) is 0 Å². The third-order valence-corrected chi connectivity index (χ3v) is 6.58. The van der Waals surface area contributed by atoms with Crippen LogP contribution in [0.2, 0.25) is 39.3 Å². The number of unbranched alkanes of at least 4 members (excludes halogenated alkanes) is 1. The topological polar surface area (TPSA) is 35.0 Å². The largest absolute Gasteiger partial charge is 0.531 e. The van der Waals surface area contributed by atoms with Gasteiger partial charge in [-0.25, -0.2) is 4.98 Å². The van der Waals surface area contributed by atoms with E-state index >= 15 is 0 Å². The SMILES string of the molecule is CCCCc1cnc(S[Si](C)(C)C)nc1O[Si](C)(C)C. The first-order valence-electron chi connectivity index (χ1n) is 7.34. The molecule has 0 saturated carbocycles. The van der Waals surface area contributed by atoms with Crippen molar-refractivity contribution in [1.82, 2.24) is 9.97 Å². The molecule has 0 saturated heterocycles. The summed E-state index contributed by atoms with van der Waals surface area (Å²) in [5, 5.41) is 0.873. The Bertz CT molecular complexity index is 442. The van der Waals surface area contributed by atoms with Gasteiger partial charge in [0.05, 0.1) is 0 Å². The molecule has 0 aliphatic heterocycles. The van der Waals surface area contributed by atoms with Gasteiger partial charge in [0.25, 0.3) is 0 Å². The number of nitrogens with zero attached hydrogens (tertiary/aromatic N) is 2. The predicted octanol–water partition coefficient (Wildman–Crippen LogP) is 4.96. The molecule has 0 aliphatic rings. The summed E-state index contributed by atoms with van der Waals surface area (Å²) in [7, 11) is -2.91. The first-order chi connectivity index (χ1) is 9.11. The average Bonchev–Trinajstić information content (AvgIpc) is 2.23. The number of rotatable bonds is 7. The van der Waals surface area contributed by atoms with Crippen molar-refractivity contribution < 1.29 is 4.43 Å². The second-order valence-electron chi connectivity index (χ2n) is 7.02. The van der Waals surface area contributed by atoms with Gasteiger partial charge in [-0.15, -0.1) is 11.2 Å². The van der Waals surface area contributed by atoms with Crippen LogP contribution in [0.5, 0.6) is 5.88 Å². The zero-order valence-corrected chi connectivity index (χ0v) is 16.7. The van der Waals surface area contributed by atoms with Gasteiger partial charge in [-0.05, 0) is 32.5 Å². The van der Waals surface area contributed by atoms with Gasteiger partial charge in [0, 0.05) is 11.8 Å². The Labute approximate surface area is 129 Å². The summed E-state index contributed by atoms with van der Waals surface area (Å²) in [6.07, 6.45) is 5.32. The van der Waals surface area contributed by atoms with E-state index in [-0.39, 0.29) is 0 Å². The highest BCUT2D eigenvalue weighted by atomic mass is 32.4. The third kappa shape index (κ3) is 6.90. The van der Waals surface area contributed by atoms with Gasteiger partial charge < -0.3 is 4.43 Å². The Balaban J connectivity index is 3.01. The quantitative estimate of drug-likeness (QED) is 0.523. The van der Waals surface area contributed by atoms with Crippen LogP contribution in [0.4, 0.5) is 0 Å². The lowest BCUT2D eigenvalue weighted by Gasteiger charge is -2.21. The highest BCUT2D eigenvalue weighted by molar-refractivity contribution is 8.28. The van der Waals surface area contributed by atoms with Gasteiger partial charge in [0.2, 0.25) is 14.2 Å². The van der Waals surface area contributed by atoms with Crippen molar-refractivity contribution in [2.45, 2.75) is 70.6 Å². The van der Waals surface area contributed by atoms with Crippen LogP contribution in [0.15, 0.2) is 11.4 Å². The van der Waals surface area contributed by atoms with Crippen molar-refractivity contribution in [1.29, 1.82) is 0 Å². The van der Waals surface area contributed by atoms with Crippen molar-refractivity contribution in [2.24, 2.45) is 0 Å². The molecule has 114 valence electrons. The predicted molar refractivity (Wildman–Crippen MR) is 93.8 cm³/mol. The van der Waals surface area contributed by atoms with Crippen LogP contribution in [0.25, 0.3) is 0 Å². The van der Waals surface area contributed by atoms with E-state index < -0.39 is 15.5 Å². The van der Waals surface area contributed by atoms with Crippen molar-refractivity contribution in [2.75, 3.05) is 0 Å². The maximum atomic E-state index is 6.17. The van der Waals surface area contributed by atoms with E-state index in [1.54, 1.807) is 0 Å². The molecule has 0 spiro atoms. The number of hydrogen-bond acceptors (Lipinski definition) is 4. The van der Waals surface area contributed by atoms with E-state index in [1.165, 1.54) is 6.42 Å². The lowest BCUT2D eigenvalue weighted by molar-refractivity contribution is 0.512. The average molecular weight is 329 g/mol. The first-order valence-corrected chi connectivity index (χ1v) is 15.8. The molecule has 0 atom stereocenters. The van der Waals surface area contributed by atoms with Crippen LogP contribution in [-0.2, 0) is 6.42 Å². The van der Waals surface area contributed by atoms with Gasteiger partial charge in [0.1, 0.15) is 7.22 Å². The standard InChI is InChI=1S/C14H28N2OSSi2/c1-8-9-10-12-11-15-14(18-20(5,6)7)16-13(12)17-19(2,3)4/h11H,8-10H2,1-7H3. The minimum Gasteiger partial charge on any atom is -0.531 e. The van der Waals surface area contributed by atoms with Crippen LogP contribution in [0.1, 0.15) is 25.3 Å². The lowest BCUT2D eigenvalue weighted by Crippen LogP contribution is -2.30. The molecule has 20 heavy (non-hydrogen) atoms. The van der Waals surface area contributed by atoms with E-state index in [2.05, 4.69) is 51.2 Å². The van der Waals surface area contributed by atoms with Gasteiger partial charge in [0.15, 0.2) is 5.16 Å². The minimum atomic E-state index is -1.64. The summed E-state index contributed by atoms with van der Waals surface area (Å²) < 4.78 is 6.17. The number of aryl methyl sites for hydroxylation is 1. The Morgan fingerprint density at radius 3 is 2.30 bits per heavy atom. The highest BCUT2D eigenvalue weighted by Gasteiger charge is 2.22. The molecule has 0 fully saturated rings. The van der Waals surface area contributed by atoms with Crippen LogP contribution < -0.4 is 4.43 Å². The van der Waals surface area contributed by atoms with Crippen LogP contribution >= 0.6 is 11.2 Å². The molecule has 1 aromatic rings. The molecule has 1 heterocycles. The number of hydrogen-bond donors (Lipinski definition) is 0. The Morgan fingerprint density at radius 1 is 1.15 bits per heavy atom. The van der Waals surface area contributed by atoms with Crippen molar-refractivity contribution in [3.8, 4) is 5.88 Å². The van der Waals surface area contributed by atoms with Crippen LogP contribution in [0, 0.1) is 0 Å². The molecule has 1 aromatic heterocycles. The molecular formula is C14H28N2OSSi2. The van der Waals surface area contributed by atoms with Gasteiger partial charge >= 0.3 is 0 Å². The second-order valence-corrected chi connectivity index (χ2v) is 20.5. The molecule has 0 aromatic carbocycles. The lowest BCUT2D eigenvalue weighted by atomic mass is 10.1. The van der Waals surface area contributed by atoms with Gasteiger partial charge in [-0.2, -0.15) is 4.98 Å². The summed E-state index contributed by atoms with van der Waals surface area (Å²) in [5.74, 6) is 0.827. The zero-order valence-electron chi connectivity index (χ0n) is 13.9. The van der Waals surface area contributed by atoms with Crippen molar-refractivity contribution >= 4 is 26.8 Å². The fraction of sp³-hybridized carbons (Fsp3) is 0.714. The molecule has 0 radical (unpaired) electrons. The Morgan fingerprint density at radius 2 is 1.80 bits per heavy atom. The fourth-order valence-electron chi connectivity index (χ4n) is 1.62. The first kappa shape index (κ1) is 17.7. The molecule has 6 heteroatoms. The van der Waals surface area contributed by atoms with Crippen molar-refractivity contribution in [3.63, 3.8) is 0 Å². The molecule has 0 N–H and O–H groups in total. The van der Waals surface area contributed by atoms with E-state index in [0.717, 1.165) is 29.4 Å². The maximum Gasteiger partial charge on any atom is 0.244 e. The number of aromatic nitrogens is 2. The summed E-state index contributed by atoms with van der Waals surface area (Å²) in [6, 6.07) is 0. The molecule has 3 nitrogen and oxygen atoms in total. The Kier molecular flexibility index (Phi) is 6.28. The highest BCUT2D eigenvalue weighted by Crippen LogP contribution is 2.29. The summed E-state index contributed by atoms with van der Waals surface area (Å²) in [6.45, 7) is 15.7. The summed E-state index contributed by atoms with van der Waals surface area (Å²) >= 11 is 1.83. The normalized spacial score (nSPS) is 12.6. The van der Waals surface area contributed by atoms with Gasteiger partial charge in [-0.3, -0.25) is 0 Å². The molecule has 1 rings (SSSR count). The molecule has 0 unspecified atom stereocenters. The van der Waals surface area contributed by atoms with E-state index in [0.29, 0.717) is 0 Å². The van der Waals surface area contributed by atoms with Crippen LogP contribution in [-0.4, -0.2) is 25.5 Å². The van der Waals surface area contributed by atoms with Crippen LogP contribution in [0.3, 0.4) is 0 Å². The van der Waals surface area contributed by atoms with Gasteiger partial charge in [-0.1, -0.05) is 33.0 Å². The monoisotopic (exact) mass is 328 g/mol. The molecule has 0 aliphatic carbocycles. The third-order valence-electron chi connectivity index (χ3n) is 2.40. The molecule has 0 bridgehead atoms. The maximum absolute atomic E-state index is 6.17. The van der Waals surface area contributed by atoms with E-state index in [1.807, 2.05) is 17.4 Å². The smallest absolute Gasteiger partial charge is 0.244 e. The Hall–Kier alpha value is -0.336. The minimum absolute atomic E-state index is 0.827. The van der Waals surface area contributed by atoms with E-state index in [4.69, 9.17) is 9.41 Å². The second kappa shape index (κ2) is 7.09. The van der Waals surface area contributed by atoms with Crippen molar-refractivity contribution in [3.05, 3.63) is 11.8 Å². The zero-order chi connectivity index (χ0) is 15.4. The fourth-order valence-corrected chi connectivity index (χ4v) is 5.09. The summed E-state index contributed by atoms with van der Waals surface area (Å²) in [5.41, 5.74) is 1.16. The summed E-state index contributed by atoms with van der Waals surface area (Å²) in [4.78, 5) is 9.23. The molecule has 0 amide bonds. The molecular weight excluding hydrogens is 300 g/mol.